The molecule has 0 amide bonds. The lowest BCUT2D eigenvalue weighted by Crippen LogP contribution is -1.91. The summed E-state index contributed by atoms with van der Waals surface area (Å²) in [5, 5.41) is 0. The monoisotopic (exact) mass is 298 g/mol. The molecular formula is C23H22. The fourth-order valence-corrected chi connectivity index (χ4v) is 3.01. The van der Waals surface area contributed by atoms with Gasteiger partial charge < -0.3 is 0 Å². The first-order chi connectivity index (χ1) is 11.2. The molecule has 0 aliphatic carbocycles. The maximum atomic E-state index is 2.22. The molecule has 23 heavy (non-hydrogen) atoms. The summed E-state index contributed by atoms with van der Waals surface area (Å²) in [4.78, 5) is 0. The van der Waals surface area contributed by atoms with Crippen LogP contribution in [0.1, 0.15) is 23.6 Å². The standard InChI is InChI=1S/C23H22/c1-4-8-22-21(19-15-13-17(2)14-16-19)11-7-12-23(22)20-10-6-5-9-18(20)3/h4-16H,1-3H3/b8-4+. The maximum Gasteiger partial charge on any atom is -0.0103 e. The Balaban J connectivity index is 2.25. The molecule has 0 radical (unpaired) electrons. The van der Waals surface area contributed by atoms with Crippen molar-refractivity contribution in [2.75, 3.05) is 0 Å². The predicted octanol–water partition coefficient (Wildman–Crippen LogP) is 6.67. The van der Waals surface area contributed by atoms with Crippen LogP contribution in [0.3, 0.4) is 0 Å². The molecule has 0 bridgehead atoms. The van der Waals surface area contributed by atoms with E-state index < -0.39 is 0 Å². The van der Waals surface area contributed by atoms with E-state index >= 15 is 0 Å². The van der Waals surface area contributed by atoms with Crippen LogP contribution in [0.4, 0.5) is 0 Å². The van der Waals surface area contributed by atoms with Crippen LogP contribution in [0.15, 0.2) is 72.8 Å². The van der Waals surface area contributed by atoms with Gasteiger partial charge in [0.2, 0.25) is 0 Å². The van der Waals surface area contributed by atoms with E-state index in [4.69, 9.17) is 0 Å². The largest absolute Gasteiger partial charge is 0.0870 e. The van der Waals surface area contributed by atoms with E-state index in [0.717, 1.165) is 0 Å². The predicted molar refractivity (Wildman–Crippen MR) is 101 cm³/mol. The van der Waals surface area contributed by atoms with Crippen molar-refractivity contribution in [1.82, 2.24) is 0 Å². The van der Waals surface area contributed by atoms with E-state index in [1.165, 1.54) is 38.9 Å². The fourth-order valence-electron chi connectivity index (χ4n) is 3.01. The quantitative estimate of drug-likeness (QED) is 0.506. The molecule has 0 heteroatoms. The van der Waals surface area contributed by atoms with Crippen molar-refractivity contribution in [3.05, 3.63) is 89.5 Å². The smallest absolute Gasteiger partial charge is 0.0103 e. The van der Waals surface area contributed by atoms with Gasteiger partial charge in [-0.1, -0.05) is 84.4 Å². The average molecular weight is 298 g/mol. The minimum atomic E-state index is 1.26. The molecule has 0 aliphatic rings. The minimum absolute atomic E-state index is 1.26. The number of hydrogen-bond donors (Lipinski definition) is 0. The highest BCUT2D eigenvalue weighted by Gasteiger charge is 2.10. The van der Waals surface area contributed by atoms with Gasteiger partial charge >= 0.3 is 0 Å². The van der Waals surface area contributed by atoms with Crippen LogP contribution in [-0.2, 0) is 0 Å². The number of rotatable bonds is 3. The van der Waals surface area contributed by atoms with Gasteiger partial charge in [-0.15, -0.1) is 0 Å². The SMILES string of the molecule is C/C=C/c1c(-c2ccc(C)cc2)cccc1-c1ccccc1C. The molecule has 0 N–H and O–H groups in total. The summed E-state index contributed by atoms with van der Waals surface area (Å²) >= 11 is 0. The lowest BCUT2D eigenvalue weighted by Gasteiger charge is -2.14. The normalized spacial score (nSPS) is 11.1. The molecule has 3 aromatic carbocycles. The molecule has 0 nitrogen and oxygen atoms in total. The second-order valence-corrected chi connectivity index (χ2v) is 5.95. The third-order valence-corrected chi connectivity index (χ3v) is 4.24. The van der Waals surface area contributed by atoms with Crippen molar-refractivity contribution < 1.29 is 0 Å². The molecule has 0 heterocycles. The number of hydrogen-bond acceptors (Lipinski definition) is 0. The van der Waals surface area contributed by atoms with Gasteiger partial charge in [-0.2, -0.15) is 0 Å². The Morgan fingerprint density at radius 2 is 1.30 bits per heavy atom. The zero-order valence-electron chi connectivity index (χ0n) is 14.0. The Bertz CT molecular complexity index is 836. The summed E-state index contributed by atoms with van der Waals surface area (Å²) in [7, 11) is 0. The van der Waals surface area contributed by atoms with E-state index in [2.05, 4.69) is 99.7 Å². The zero-order chi connectivity index (χ0) is 16.2. The van der Waals surface area contributed by atoms with Crippen molar-refractivity contribution in [2.45, 2.75) is 20.8 Å². The fraction of sp³-hybridized carbons (Fsp3) is 0.130. The average Bonchev–Trinajstić information content (AvgIpc) is 2.57. The van der Waals surface area contributed by atoms with Crippen molar-refractivity contribution >= 4 is 6.08 Å². The van der Waals surface area contributed by atoms with Gasteiger partial charge in [0.15, 0.2) is 0 Å². The Labute approximate surface area is 139 Å². The van der Waals surface area contributed by atoms with Crippen molar-refractivity contribution in [3.63, 3.8) is 0 Å². The summed E-state index contributed by atoms with van der Waals surface area (Å²) in [5.41, 5.74) is 9.01. The summed E-state index contributed by atoms with van der Waals surface area (Å²) in [6, 6.07) is 23.9. The highest BCUT2D eigenvalue weighted by Crippen LogP contribution is 2.35. The van der Waals surface area contributed by atoms with Gasteiger partial charge in [-0.05, 0) is 54.2 Å². The summed E-state index contributed by atoms with van der Waals surface area (Å²) in [6.07, 6.45) is 4.34. The van der Waals surface area contributed by atoms with Gasteiger partial charge in [0, 0.05) is 0 Å². The molecule has 3 rings (SSSR count). The van der Waals surface area contributed by atoms with E-state index in [0.29, 0.717) is 0 Å². The Hall–Kier alpha value is -2.60. The maximum absolute atomic E-state index is 2.22. The van der Waals surface area contributed by atoms with Crippen LogP contribution >= 0.6 is 0 Å². The Morgan fingerprint density at radius 3 is 2.00 bits per heavy atom. The van der Waals surface area contributed by atoms with Crippen LogP contribution in [0.5, 0.6) is 0 Å². The minimum Gasteiger partial charge on any atom is -0.0870 e. The first-order valence-electron chi connectivity index (χ1n) is 8.09. The molecule has 0 saturated carbocycles. The molecular weight excluding hydrogens is 276 g/mol. The van der Waals surface area contributed by atoms with Gasteiger partial charge in [-0.25, -0.2) is 0 Å². The molecule has 0 aliphatic heterocycles. The first-order valence-corrected chi connectivity index (χ1v) is 8.09. The number of aryl methyl sites for hydroxylation is 2. The van der Waals surface area contributed by atoms with Crippen LogP contribution in [-0.4, -0.2) is 0 Å². The molecule has 0 spiro atoms. The van der Waals surface area contributed by atoms with Crippen LogP contribution in [0.2, 0.25) is 0 Å². The van der Waals surface area contributed by atoms with Gasteiger partial charge in [0.25, 0.3) is 0 Å². The van der Waals surface area contributed by atoms with E-state index in [1.54, 1.807) is 0 Å². The third-order valence-electron chi connectivity index (χ3n) is 4.24. The molecule has 0 saturated heterocycles. The molecule has 0 aromatic heterocycles. The lowest BCUT2D eigenvalue weighted by molar-refractivity contribution is 1.44. The van der Waals surface area contributed by atoms with Crippen molar-refractivity contribution in [3.8, 4) is 22.3 Å². The highest BCUT2D eigenvalue weighted by atomic mass is 14.1. The first kappa shape index (κ1) is 15.3. The van der Waals surface area contributed by atoms with Crippen LogP contribution < -0.4 is 0 Å². The summed E-state index contributed by atoms with van der Waals surface area (Å²) in [6.45, 7) is 6.38. The number of allylic oxidation sites excluding steroid dienone is 1. The van der Waals surface area contributed by atoms with Gasteiger partial charge in [0.05, 0.1) is 0 Å². The van der Waals surface area contributed by atoms with E-state index in [9.17, 15) is 0 Å². The molecule has 0 unspecified atom stereocenters. The van der Waals surface area contributed by atoms with Gasteiger partial charge in [0.1, 0.15) is 0 Å². The number of benzene rings is 3. The van der Waals surface area contributed by atoms with Crippen LogP contribution in [0.25, 0.3) is 28.3 Å². The van der Waals surface area contributed by atoms with E-state index in [1.807, 2.05) is 0 Å². The van der Waals surface area contributed by atoms with Crippen molar-refractivity contribution in [1.29, 1.82) is 0 Å². The van der Waals surface area contributed by atoms with Gasteiger partial charge in [-0.3, -0.25) is 0 Å². The molecule has 0 atom stereocenters. The Kier molecular flexibility index (Phi) is 4.43. The summed E-state index contributed by atoms with van der Waals surface area (Å²) < 4.78 is 0. The molecule has 114 valence electrons. The summed E-state index contributed by atoms with van der Waals surface area (Å²) in [5.74, 6) is 0. The third kappa shape index (κ3) is 3.12. The topological polar surface area (TPSA) is 0 Å². The Morgan fingerprint density at radius 1 is 0.652 bits per heavy atom. The highest BCUT2D eigenvalue weighted by molar-refractivity contribution is 5.87. The molecule has 0 fully saturated rings. The van der Waals surface area contributed by atoms with E-state index in [-0.39, 0.29) is 0 Å². The van der Waals surface area contributed by atoms with Crippen LogP contribution in [0, 0.1) is 13.8 Å². The second-order valence-electron chi connectivity index (χ2n) is 5.95. The molecule has 3 aromatic rings. The second kappa shape index (κ2) is 6.66. The van der Waals surface area contributed by atoms with Crippen molar-refractivity contribution in [2.24, 2.45) is 0 Å². The lowest BCUT2D eigenvalue weighted by atomic mass is 9.89. The zero-order valence-corrected chi connectivity index (χ0v) is 14.0.